The molecule has 11 nitrogen and oxygen atoms in total. The van der Waals surface area contributed by atoms with Crippen molar-refractivity contribution in [1.82, 2.24) is 21.3 Å². The molecule has 5 atom stereocenters. The Hall–Kier alpha value is -4.45. The average Bonchev–Trinajstić information content (AvgIpc) is 3.06. The Bertz CT molecular complexity index is 1420. The van der Waals surface area contributed by atoms with Gasteiger partial charge in [-0.05, 0) is 56.2 Å². The van der Waals surface area contributed by atoms with Crippen molar-refractivity contribution in [1.29, 1.82) is 0 Å². The summed E-state index contributed by atoms with van der Waals surface area (Å²) in [6.07, 6.45) is -2.79. The normalized spacial score (nSPS) is 14.5. The third-order valence-electron chi connectivity index (χ3n) is 7.70. The maximum absolute atomic E-state index is 13.5. The van der Waals surface area contributed by atoms with E-state index in [2.05, 4.69) is 21.3 Å². The molecule has 0 bridgehead atoms. The van der Waals surface area contributed by atoms with E-state index in [0.29, 0.717) is 12.8 Å². The molecule has 0 aliphatic carbocycles. The molecule has 0 aliphatic heterocycles. The van der Waals surface area contributed by atoms with Crippen LogP contribution in [-0.2, 0) is 33.7 Å². The van der Waals surface area contributed by atoms with Crippen LogP contribution in [0, 0.1) is 5.92 Å². The van der Waals surface area contributed by atoms with Crippen molar-refractivity contribution in [2.24, 2.45) is 5.92 Å². The van der Waals surface area contributed by atoms with Gasteiger partial charge in [0.2, 0.25) is 5.91 Å². The lowest BCUT2D eigenvalue weighted by atomic mass is 9.98. The van der Waals surface area contributed by atoms with Crippen molar-refractivity contribution in [2.75, 3.05) is 13.1 Å². The fourth-order valence-electron chi connectivity index (χ4n) is 5.12. The molecule has 0 saturated heterocycles. The van der Waals surface area contributed by atoms with Crippen LogP contribution in [0.4, 0.5) is 9.59 Å². The second kappa shape index (κ2) is 19.5. The SMILES string of the molecule is CC(C)[C@@H](NC(=O)OCc1ccccc1)C(=O)N[C@@H](Cc1ccccc1)[C@H](O)CNC[C@@H](O)[C@H](Cc1ccccc1)NC(=O)OC(C)(C)C. The fraction of sp³-hybridized carbons (Fsp3) is 0.447. The smallest absolute Gasteiger partial charge is 0.408 e. The fourth-order valence-corrected chi connectivity index (χ4v) is 5.12. The van der Waals surface area contributed by atoms with Gasteiger partial charge in [0, 0.05) is 13.1 Å². The summed E-state index contributed by atoms with van der Waals surface area (Å²) in [5.74, 6) is -0.734. The number of carbonyl (C=O) groups is 3. The Morgan fingerprint density at radius 3 is 1.55 bits per heavy atom. The van der Waals surface area contributed by atoms with Gasteiger partial charge in [0.25, 0.3) is 0 Å². The molecule has 266 valence electrons. The molecule has 49 heavy (non-hydrogen) atoms. The molecule has 0 fully saturated rings. The summed E-state index contributed by atoms with van der Waals surface area (Å²) in [6, 6.07) is 25.8. The first-order chi connectivity index (χ1) is 23.3. The molecule has 0 spiro atoms. The van der Waals surface area contributed by atoms with Crippen molar-refractivity contribution in [3.63, 3.8) is 0 Å². The summed E-state index contributed by atoms with van der Waals surface area (Å²) >= 11 is 0. The van der Waals surface area contributed by atoms with Crippen molar-refractivity contribution >= 4 is 18.1 Å². The van der Waals surface area contributed by atoms with Crippen molar-refractivity contribution in [3.8, 4) is 0 Å². The van der Waals surface area contributed by atoms with Gasteiger partial charge in [0.05, 0.1) is 24.3 Å². The molecule has 0 aromatic heterocycles. The number of benzene rings is 3. The first-order valence-corrected chi connectivity index (χ1v) is 16.7. The first kappa shape index (κ1) is 39.0. The molecule has 0 aliphatic rings. The minimum atomic E-state index is -1.07. The van der Waals surface area contributed by atoms with E-state index in [0.717, 1.165) is 16.7 Å². The van der Waals surface area contributed by atoms with Crippen LogP contribution in [0.15, 0.2) is 91.0 Å². The van der Waals surface area contributed by atoms with Crippen LogP contribution < -0.4 is 21.3 Å². The summed E-state index contributed by atoms with van der Waals surface area (Å²) in [5, 5.41) is 34.0. The molecule has 0 unspecified atom stereocenters. The highest BCUT2D eigenvalue weighted by atomic mass is 16.6. The second-order valence-corrected chi connectivity index (χ2v) is 13.5. The van der Waals surface area contributed by atoms with Crippen molar-refractivity contribution in [2.45, 2.75) is 90.0 Å². The van der Waals surface area contributed by atoms with Crippen LogP contribution in [-0.4, -0.2) is 77.3 Å². The molecule has 3 rings (SSSR count). The molecule has 0 saturated carbocycles. The Morgan fingerprint density at radius 1 is 0.653 bits per heavy atom. The highest BCUT2D eigenvalue weighted by Gasteiger charge is 2.30. The van der Waals surface area contributed by atoms with Gasteiger partial charge in [-0.1, -0.05) is 105 Å². The zero-order chi connectivity index (χ0) is 35.8. The summed E-state index contributed by atoms with van der Waals surface area (Å²) in [6.45, 7) is 9.04. The summed E-state index contributed by atoms with van der Waals surface area (Å²) < 4.78 is 10.8. The van der Waals surface area contributed by atoms with E-state index >= 15 is 0 Å². The highest BCUT2D eigenvalue weighted by Crippen LogP contribution is 2.12. The standard InChI is InChI=1S/C38H52N4O7/c1-26(2)34(42-36(46)48-25-29-19-13-8-14-20-29)35(45)40-30(21-27-15-9-6-10-16-27)32(43)23-39-24-33(44)31(22-28-17-11-7-12-18-28)41-37(47)49-38(3,4)5/h6-20,26,30-34,39,43-44H,21-25H2,1-5H3,(H,40,45)(H,41,47)(H,42,46)/t30-,31-,32+,33+,34+/m0/s1. The number of nitrogens with one attached hydrogen (secondary N) is 4. The maximum Gasteiger partial charge on any atom is 0.408 e. The van der Waals surface area contributed by atoms with E-state index in [9.17, 15) is 24.6 Å². The van der Waals surface area contributed by atoms with Crippen LogP contribution in [0.1, 0.15) is 51.3 Å². The number of alkyl carbamates (subject to hydrolysis) is 2. The van der Waals surface area contributed by atoms with Gasteiger partial charge in [-0.25, -0.2) is 9.59 Å². The molecule has 0 radical (unpaired) electrons. The zero-order valence-corrected chi connectivity index (χ0v) is 29.1. The predicted molar refractivity (Wildman–Crippen MR) is 189 cm³/mol. The Balaban J connectivity index is 1.64. The van der Waals surface area contributed by atoms with Crippen molar-refractivity contribution < 1.29 is 34.1 Å². The lowest BCUT2D eigenvalue weighted by Crippen LogP contribution is -2.57. The Kier molecular flexibility index (Phi) is 15.5. The lowest BCUT2D eigenvalue weighted by Gasteiger charge is -2.30. The van der Waals surface area contributed by atoms with Gasteiger partial charge in [0.15, 0.2) is 0 Å². The van der Waals surface area contributed by atoms with E-state index in [-0.39, 0.29) is 25.6 Å². The topological polar surface area (TPSA) is 158 Å². The lowest BCUT2D eigenvalue weighted by molar-refractivity contribution is -0.125. The zero-order valence-electron chi connectivity index (χ0n) is 29.1. The van der Waals surface area contributed by atoms with Crippen LogP contribution in [0.5, 0.6) is 0 Å². The largest absolute Gasteiger partial charge is 0.445 e. The predicted octanol–water partition coefficient (Wildman–Crippen LogP) is 4.11. The van der Waals surface area contributed by atoms with Crippen molar-refractivity contribution in [3.05, 3.63) is 108 Å². The van der Waals surface area contributed by atoms with E-state index in [1.807, 2.05) is 105 Å². The molecule has 3 amide bonds. The van der Waals surface area contributed by atoms with Gasteiger partial charge in [-0.15, -0.1) is 0 Å². The number of hydrogen-bond donors (Lipinski definition) is 6. The number of hydrogen-bond acceptors (Lipinski definition) is 8. The minimum absolute atomic E-state index is 0.0260. The summed E-state index contributed by atoms with van der Waals surface area (Å²) in [5.41, 5.74) is 1.93. The van der Waals surface area contributed by atoms with Gasteiger partial charge in [-0.3, -0.25) is 4.79 Å². The van der Waals surface area contributed by atoms with Gasteiger partial charge in [-0.2, -0.15) is 0 Å². The number of ether oxygens (including phenoxy) is 2. The number of aliphatic hydroxyl groups is 2. The quantitative estimate of drug-likeness (QED) is 0.125. The van der Waals surface area contributed by atoms with Crippen LogP contribution >= 0.6 is 0 Å². The van der Waals surface area contributed by atoms with Crippen LogP contribution in [0.3, 0.4) is 0 Å². The molecule has 3 aromatic rings. The van der Waals surface area contributed by atoms with Gasteiger partial charge >= 0.3 is 12.2 Å². The van der Waals surface area contributed by atoms with E-state index in [4.69, 9.17) is 9.47 Å². The van der Waals surface area contributed by atoms with Crippen LogP contribution in [0.2, 0.25) is 0 Å². The van der Waals surface area contributed by atoms with Crippen LogP contribution in [0.25, 0.3) is 0 Å². The molecule has 6 N–H and O–H groups in total. The molecule has 11 heteroatoms. The maximum atomic E-state index is 13.5. The monoisotopic (exact) mass is 676 g/mol. The Morgan fingerprint density at radius 2 is 1.10 bits per heavy atom. The number of amides is 3. The molecular weight excluding hydrogens is 624 g/mol. The number of aliphatic hydroxyl groups excluding tert-OH is 2. The number of carbonyl (C=O) groups excluding carboxylic acids is 3. The minimum Gasteiger partial charge on any atom is -0.445 e. The van der Waals surface area contributed by atoms with E-state index in [1.54, 1.807) is 20.8 Å². The summed E-state index contributed by atoms with van der Waals surface area (Å²) in [4.78, 5) is 38.8. The third-order valence-corrected chi connectivity index (χ3v) is 7.70. The average molecular weight is 677 g/mol. The third kappa shape index (κ3) is 14.7. The summed E-state index contributed by atoms with van der Waals surface area (Å²) in [7, 11) is 0. The second-order valence-electron chi connectivity index (χ2n) is 13.5. The van der Waals surface area contributed by atoms with Gasteiger partial charge < -0.3 is 41.0 Å². The van der Waals surface area contributed by atoms with E-state index < -0.39 is 54.0 Å². The van der Waals surface area contributed by atoms with Gasteiger partial charge in [0.1, 0.15) is 18.2 Å². The molecule has 0 heterocycles. The first-order valence-electron chi connectivity index (χ1n) is 16.7. The Labute approximate surface area is 289 Å². The molecule has 3 aromatic carbocycles. The highest BCUT2D eigenvalue weighted by molar-refractivity contribution is 5.86. The molecular formula is C38H52N4O7. The van der Waals surface area contributed by atoms with E-state index in [1.165, 1.54) is 0 Å². The number of rotatable bonds is 17.